The van der Waals surface area contributed by atoms with Gasteiger partial charge in [0, 0.05) is 13.0 Å². The molecule has 0 saturated heterocycles. The molecule has 0 fully saturated rings. The molecule has 0 aromatic heterocycles. The molecule has 1 unspecified atom stereocenters. The lowest BCUT2D eigenvalue weighted by Crippen LogP contribution is -2.44. The molecule has 0 bridgehead atoms. The third kappa shape index (κ3) is 8.15. The van der Waals surface area contributed by atoms with Crippen molar-refractivity contribution in [3.05, 3.63) is 71.8 Å². The summed E-state index contributed by atoms with van der Waals surface area (Å²) < 4.78 is 10.2. The van der Waals surface area contributed by atoms with Gasteiger partial charge in [0.15, 0.2) is 6.10 Å². The molecule has 164 valence electrons. The number of carboxylic acids is 1. The Morgan fingerprint density at radius 1 is 0.935 bits per heavy atom. The number of nitrogens with two attached hydrogens (primary N) is 1. The topological polar surface area (TPSA) is 152 Å². The van der Waals surface area contributed by atoms with Gasteiger partial charge in [-0.05, 0) is 11.1 Å². The zero-order valence-corrected chi connectivity index (χ0v) is 16.6. The van der Waals surface area contributed by atoms with E-state index in [1.54, 1.807) is 54.6 Å². The molecule has 2 rings (SSSR count). The molecule has 10 heteroatoms. The van der Waals surface area contributed by atoms with Crippen LogP contribution in [0, 0.1) is 0 Å². The van der Waals surface area contributed by atoms with Gasteiger partial charge in [0.25, 0.3) is 0 Å². The largest absolute Gasteiger partial charge is 0.479 e. The molecule has 0 aliphatic rings. The lowest BCUT2D eigenvalue weighted by Gasteiger charge is -2.21. The monoisotopic (exact) mass is 429 g/mol. The average Bonchev–Trinajstić information content (AvgIpc) is 2.77. The number of nitrogens with zero attached hydrogens (tertiary/aromatic N) is 2. The number of aliphatic carboxylic acids is 1. The molecular weight excluding hydrogens is 406 g/mol. The van der Waals surface area contributed by atoms with Gasteiger partial charge >= 0.3 is 18.2 Å². The van der Waals surface area contributed by atoms with Gasteiger partial charge in [-0.25, -0.2) is 19.3 Å². The number of carboxylic acid groups (broad SMARTS) is 1. The maximum atomic E-state index is 12.5. The van der Waals surface area contributed by atoms with Gasteiger partial charge in [0.05, 0.1) is 0 Å². The minimum atomic E-state index is -1.73. The number of amides is 2. The van der Waals surface area contributed by atoms with Gasteiger partial charge < -0.3 is 25.4 Å². The van der Waals surface area contributed by atoms with Gasteiger partial charge in [-0.15, -0.1) is 4.99 Å². The molecule has 2 aromatic rings. The summed E-state index contributed by atoms with van der Waals surface area (Å²) in [6, 6.07) is 17.7. The van der Waals surface area contributed by atoms with Crippen molar-refractivity contribution in [2.45, 2.75) is 25.7 Å². The molecule has 2 amide bonds. The molecule has 2 aromatic carbocycles. The van der Waals surface area contributed by atoms with Crippen LogP contribution in [0.2, 0.25) is 0 Å². The number of hydrogen-bond donors (Lipinski definition) is 3. The molecule has 0 spiro atoms. The molecule has 0 aliphatic heterocycles. The highest BCUT2D eigenvalue weighted by molar-refractivity contribution is 5.98. The molecule has 1 atom stereocenters. The summed E-state index contributed by atoms with van der Waals surface area (Å²) in [5.41, 5.74) is 7.20. The number of aliphatic hydroxyl groups excluding tert-OH is 1. The minimum Gasteiger partial charge on any atom is -0.479 e. The van der Waals surface area contributed by atoms with E-state index in [0.29, 0.717) is 5.56 Å². The first kappa shape index (κ1) is 23.4. The number of ether oxygens (including phenoxy) is 2. The first-order valence-corrected chi connectivity index (χ1v) is 9.30. The number of carbonyl (C=O) groups is 3. The summed E-state index contributed by atoms with van der Waals surface area (Å²) >= 11 is 0. The maximum Gasteiger partial charge on any atom is 0.437 e. The van der Waals surface area contributed by atoms with Crippen molar-refractivity contribution in [1.29, 1.82) is 0 Å². The number of hydrogen-bond acceptors (Lipinski definition) is 6. The van der Waals surface area contributed by atoms with Crippen molar-refractivity contribution >= 4 is 24.1 Å². The van der Waals surface area contributed by atoms with Crippen LogP contribution in [0.25, 0.3) is 0 Å². The van der Waals surface area contributed by atoms with Crippen LogP contribution in [-0.4, -0.2) is 51.9 Å². The molecule has 10 nitrogen and oxygen atoms in total. The second-order valence-corrected chi connectivity index (χ2v) is 6.34. The second kappa shape index (κ2) is 11.9. The highest BCUT2D eigenvalue weighted by Crippen LogP contribution is 2.07. The van der Waals surface area contributed by atoms with Gasteiger partial charge in [-0.1, -0.05) is 60.7 Å². The van der Waals surface area contributed by atoms with E-state index < -0.39 is 30.2 Å². The standard InChI is InChI=1S/C21H23N3O7/c22-19(23-20(28)30-13-15-7-3-1-4-8-15)24(12-11-17(25)18(26)27)21(29)31-14-16-9-5-2-6-10-16/h1-10,17,25H,11-14H2,(H,26,27)(H2,22,23,28). The lowest BCUT2D eigenvalue weighted by molar-refractivity contribution is -0.147. The van der Waals surface area contributed by atoms with E-state index in [1.807, 2.05) is 6.07 Å². The predicted molar refractivity (Wildman–Crippen MR) is 110 cm³/mol. The van der Waals surface area contributed by atoms with Gasteiger partial charge in [-0.3, -0.25) is 0 Å². The summed E-state index contributed by atoms with van der Waals surface area (Å²) in [4.78, 5) is 39.6. The van der Waals surface area contributed by atoms with Crippen molar-refractivity contribution in [3.8, 4) is 0 Å². The Balaban J connectivity index is 2.03. The maximum absolute atomic E-state index is 12.5. The van der Waals surface area contributed by atoms with E-state index in [9.17, 15) is 19.5 Å². The summed E-state index contributed by atoms with van der Waals surface area (Å²) in [6.07, 6.45) is -4.09. The van der Waals surface area contributed by atoms with Crippen LogP contribution in [-0.2, 0) is 27.5 Å². The van der Waals surface area contributed by atoms with Gasteiger partial charge in [-0.2, -0.15) is 0 Å². The lowest BCUT2D eigenvalue weighted by atomic mass is 10.2. The van der Waals surface area contributed by atoms with Gasteiger partial charge in [0.1, 0.15) is 13.2 Å². The molecular formula is C21H23N3O7. The Morgan fingerprint density at radius 2 is 1.45 bits per heavy atom. The summed E-state index contributed by atoms with van der Waals surface area (Å²) in [5, 5.41) is 18.3. The number of carbonyl (C=O) groups excluding carboxylic acids is 2. The van der Waals surface area contributed by atoms with Crippen molar-refractivity contribution in [1.82, 2.24) is 4.90 Å². The fourth-order valence-electron chi connectivity index (χ4n) is 2.38. The first-order chi connectivity index (χ1) is 14.9. The van der Waals surface area contributed by atoms with E-state index >= 15 is 0 Å². The van der Waals surface area contributed by atoms with E-state index in [0.717, 1.165) is 10.5 Å². The first-order valence-electron chi connectivity index (χ1n) is 9.30. The number of aliphatic imine (C=N–C) groups is 1. The quantitative estimate of drug-likeness (QED) is 0.426. The highest BCUT2D eigenvalue weighted by Gasteiger charge is 2.23. The molecule has 0 aliphatic carbocycles. The van der Waals surface area contributed by atoms with Crippen molar-refractivity contribution in [3.63, 3.8) is 0 Å². The minimum absolute atomic E-state index is 0.0490. The van der Waals surface area contributed by atoms with Crippen LogP contribution in [0.4, 0.5) is 9.59 Å². The zero-order valence-electron chi connectivity index (χ0n) is 16.6. The number of aliphatic hydroxyl groups is 1. The summed E-state index contributed by atoms with van der Waals surface area (Å²) in [6.45, 7) is -0.474. The summed E-state index contributed by atoms with van der Waals surface area (Å²) in [5.74, 6) is -2.01. The van der Waals surface area contributed by atoms with Crippen LogP contribution >= 0.6 is 0 Å². The molecule has 0 heterocycles. The van der Waals surface area contributed by atoms with Gasteiger partial charge in [0.2, 0.25) is 5.96 Å². The van der Waals surface area contributed by atoms with Crippen molar-refractivity contribution in [2.24, 2.45) is 10.7 Å². The Morgan fingerprint density at radius 3 is 1.97 bits per heavy atom. The Bertz CT molecular complexity index is 904. The number of benzene rings is 2. The predicted octanol–water partition coefficient (Wildman–Crippen LogP) is 2.11. The van der Waals surface area contributed by atoms with Crippen LogP contribution in [0.3, 0.4) is 0 Å². The fourth-order valence-corrected chi connectivity index (χ4v) is 2.38. The molecule has 0 radical (unpaired) electrons. The van der Waals surface area contributed by atoms with Crippen LogP contribution in [0.15, 0.2) is 65.7 Å². The smallest absolute Gasteiger partial charge is 0.437 e. The van der Waals surface area contributed by atoms with Crippen molar-refractivity contribution in [2.75, 3.05) is 6.54 Å². The number of guanidine groups is 1. The van der Waals surface area contributed by atoms with Crippen LogP contribution in [0.5, 0.6) is 0 Å². The highest BCUT2D eigenvalue weighted by atomic mass is 16.6. The number of rotatable bonds is 8. The Hall–Kier alpha value is -3.92. The molecule has 0 saturated carbocycles. The van der Waals surface area contributed by atoms with Crippen LogP contribution in [0.1, 0.15) is 17.5 Å². The van der Waals surface area contributed by atoms with E-state index in [1.165, 1.54) is 0 Å². The third-order valence-corrected chi connectivity index (χ3v) is 4.02. The zero-order chi connectivity index (χ0) is 22.6. The van der Waals surface area contributed by atoms with E-state index in [2.05, 4.69) is 4.99 Å². The normalized spacial score (nSPS) is 12.0. The molecule has 31 heavy (non-hydrogen) atoms. The molecule has 4 N–H and O–H groups in total. The SMILES string of the molecule is NC(=NC(=O)OCc1ccccc1)N(CCC(O)C(=O)O)C(=O)OCc1ccccc1. The Kier molecular flexibility index (Phi) is 8.99. The van der Waals surface area contributed by atoms with E-state index in [-0.39, 0.29) is 26.2 Å². The second-order valence-electron chi connectivity index (χ2n) is 6.34. The third-order valence-electron chi connectivity index (χ3n) is 4.02. The average molecular weight is 429 g/mol. The van der Waals surface area contributed by atoms with Crippen molar-refractivity contribution < 1.29 is 34.1 Å². The Labute approximate surface area is 178 Å². The van der Waals surface area contributed by atoms with E-state index in [4.69, 9.17) is 20.3 Å². The summed E-state index contributed by atoms with van der Waals surface area (Å²) in [7, 11) is 0. The van der Waals surface area contributed by atoms with Crippen LogP contribution < -0.4 is 5.73 Å². The fraction of sp³-hybridized carbons (Fsp3) is 0.238.